The Labute approximate surface area is 198 Å². The minimum atomic E-state index is 0. The van der Waals surface area contributed by atoms with Crippen LogP contribution in [0.5, 0.6) is 0 Å². The number of ether oxygens (including phenoxy) is 2. The maximum Gasteiger partial charge on any atom is 0.191 e. The van der Waals surface area contributed by atoms with Gasteiger partial charge in [0.05, 0.1) is 23.4 Å². The van der Waals surface area contributed by atoms with Gasteiger partial charge in [0.2, 0.25) is 0 Å². The topological polar surface area (TPSA) is 80.9 Å². The zero-order chi connectivity index (χ0) is 20.3. The molecule has 2 aromatic heterocycles. The lowest BCUT2D eigenvalue weighted by atomic mass is 10.3. The second-order valence-corrected chi connectivity index (χ2v) is 7.36. The van der Waals surface area contributed by atoms with Crippen LogP contribution in [0.2, 0.25) is 0 Å². The Morgan fingerprint density at radius 1 is 1.13 bits per heavy atom. The molecule has 0 aliphatic heterocycles. The van der Waals surface area contributed by atoms with Crippen LogP contribution in [0.15, 0.2) is 45.8 Å². The molecule has 30 heavy (non-hydrogen) atoms. The molecular formula is C21H29IN4O3S. The summed E-state index contributed by atoms with van der Waals surface area (Å²) in [5, 5.41) is 7.45. The molecule has 2 N–H and O–H groups in total. The number of nitrogens with zero attached hydrogens (tertiary/aromatic N) is 2. The molecular weight excluding hydrogens is 515 g/mol. The van der Waals surface area contributed by atoms with E-state index in [-0.39, 0.29) is 24.0 Å². The smallest absolute Gasteiger partial charge is 0.191 e. The van der Waals surface area contributed by atoms with E-state index in [0.29, 0.717) is 26.4 Å². The lowest BCUT2D eigenvalue weighted by molar-refractivity contribution is 0.0698. The number of benzene rings is 1. The molecule has 0 saturated carbocycles. The number of rotatable bonds is 11. The zero-order valence-electron chi connectivity index (χ0n) is 17.3. The van der Waals surface area contributed by atoms with Crippen LogP contribution < -0.4 is 10.6 Å². The first-order valence-electron chi connectivity index (χ1n) is 9.83. The lowest BCUT2D eigenvalue weighted by Crippen LogP contribution is -2.38. The van der Waals surface area contributed by atoms with Gasteiger partial charge in [-0.2, -0.15) is 0 Å². The third kappa shape index (κ3) is 7.53. The first-order valence-corrected chi connectivity index (χ1v) is 10.7. The average molecular weight is 544 g/mol. The number of hydrogen-bond acceptors (Lipinski definition) is 6. The van der Waals surface area contributed by atoms with Gasteiger partial charge in [-0.05, 0) is 37.6 Å². The summed E-state index contributed by atoms with van der Waals surface area (Å²) in [5.41, 5.74) is 0.994. The molecule has 0 saturated heterocycles. The summed E-state index contributed by atoms with van der Waals surface area (Å²) in [7, 11) is 1.67. The molecule has 0 unspecified atom stereocenters. The molecule has 0 bridgehead atoms. The molecule has 0 aliphatic rings. The van der Waals surface area contributed by atoms with E-state index in [4.69, 9.17) is 13.9 Å². The largest absolute Gasteiger partial charge is 0.457 e. The van der Waals surface area contributed by atoms with E-state index in [1.54, 1.807) is 18.4 Å². The van der Waals surface area contributed by atoms with Gasteiger partial charge in [0.15, 0.2) is 16.7 Å². The summed E-state index contributed by atoms with van der Waals surface area (Å²) in [4.78, 5) is 9.25. The van der Waals surface area contributed by atoms with Crippen molar-refractivity contribution in [2.24, 2.45) is 4.99 Å². The van der Waals surface area contributed by atoms with Crippen molar-refractivity contribution in [3.8, 4) is 10.8 Å². The first-order chi connectivity index (χ1) is 14.3. The summed E-state index contributed by atoms with van der Waals surface area (Å²) in [5.74, 6) is 2.35. The molecule has 0 amide bonds. The zero-order valence-corrected chi connectivity index (χ0v) is 20.5. The molecule has 1 aromatic carbocycles. The number of aliphatic imine (C=N–C) groups is 1. The number of methoxy groups -OCH3 is 1. The SMILES string of the molecule is CCNC(=NCc1ccc(-c2nc3ccccc3s2)o1)NCCCOCCOC.I. The molecule has 164 valence electrons. The maximum absolute atomic E-state index is 5.96. The molecule has 3 aromatic rings. The molecule has 7 nitrogen and oxygen atoms in total. The standard InChI is InChI=1S/C21H28N4O3S.HI/c1-3-22-21(23-11-6-12-27-14-13-26-2)24-15-16-9-10-18(28-16)20-25-17-7-4-5-8-19(17)29-20;/h4-5,7-10H,3,6,11-15H2,1-2H3,(H2,22,23,24);1H. The van der Waals surface area contributed by atoms with Crippen LogP contribution in [0, 0.1) is 0 Å². The third-order valence-electron chi connectivity index (χ3n) is 4.09. The highest BCUT2D eigenvalue weighted by Crippen LogP contribution is 2.31. The minimum absolute atomic E-state index is 0. The second-order valence-electron chi connectivity index (χ2n) is 6.33. The van der Waals surface area contributed by atoms with E-state index in [9.17, 15) is 0 Å². The Morgan fingerprint density at radius 2 is 2.00 bits per heavy atom. The second kappa shape index (κ2) is 13.6. The first kappa shape index (κ1) is 24.6. The van der Waals surface area contributed by atoms with Gasteiger partial charge >= 0.3 is 0 Å². The van der Waals surface area contributed by atoms with Gasteiger partial charge in [0.25, 0.3) is 0 Å². The summed E-state index contributed by atoms with van der Waals surface area (Å²) in [6.45, 7) is 6.03. The molecule has 3 rings (SSSR count). The van der Waals surface area contributed by atoms with Gasteiger partial charge in [0.1, 0.15) is 12.3 Å². The van der Waals surface area contributed by atoms with Crippen molar-refractivity contribution < 1.29 is 13.9 Å². The van der Waals surface area contributed by atoms with E-state index in [0.717, 1.165) is 52.2 Å². The van der Waals surface area contributed by atoms with Gasteiger partial charge in [-0.25, -0.2) is 9.98 Å². The Kier molecular flexibility index (Phi) is 11.1. The van der Waals surface area contributed by atoms with Crippen LogP contribution in [0.25, 0.3) is 21.0 Å². The molecule has 0 spiro atoms. The highest BCUT2D eigenvalue weighted by Gasteiger charge is 2.10. The Morgan fingerprint density at radius 3 is 2.80 bits per heavy atom. The summed E-state index contributed by atoms with van der Waals surface area (Å²) < 4.78 is 17.5. The van der Waals surface area contributed by atoms with Crippen molar-refractivity contribution in [1.29, 1.82) is 0 Å². The average Bonchev–Trinajstić information content (AvgIpc) is 3.38. The van der Waals surface area contributed by atoms with Crippen molar-refractivity contribution in [1.82, 2.24) is 15.6 Å². The highest BCUT2D eigenvalue weighted by molar-refractivity contribution is 14.0. The van der Waals surface area contributed by atoms with E-state index < -0.39 is 0 Å². The number of hydrogen-bond donors (Lipinski definition) is 2. The fraction of sp³-hybridized carbons (Fsp3) is 0.429. The van der Waals surface area contributed by atoms with Crippen molar-refractivity contribution in [3.05, 3.63) is 42.2 Å². The quantitative estimate of drug-likeness (QED) is 0.162. The maximum atomic E-state index is 5.96. The van der Waals surface area contributed by atoms with E-state index >= 15 is 0 Å². The predicted molar refractivity (Wildman–Crippen MR) is 133 cm³/mol. The van der Waals surface area contributed by atoms with E-state index in [2.05, 4.69) is 26.7 Å². The fourth-order valence-electron chi connectivity index (χ4n) is 2.68. The van der Waals surface area contributed by atoms with Crippen molar-refractivity contribution >= 4 is 51.5 Å². The fourth-order valence-corrected chi connectivity index (χ4v) is 3.61. The van der Waals surface area contributed by atoms with E-state index in [1.165, 1.54) is 0 Å². The normalized spacial score (nSPS) is 11.5. The molecule has 0 fully saturated rings. The molecule has 0 aliphatic carbocycles. The number of guanidine groups is 1. The van der Waals surface area contributed by atoms with Crippen molar-refractivity contribution in [2.75, 3.05) is 40.0 Å². The van der Waals surface area contributed by atoms with Crippen LogP contribution >= 0.6 is 35.3 Å². The molecule has 0 radical (unpaired) electrons. The van der Waals surface area contributed by atoms with Crippen molar-refractivity contribution in [2.45, 2.75) is 19.9 Å². The van der Waals surface area contributed by atoms with Crippen LogP contribution in [0.3, 0.4) is 0 Å². The molecule has 2 heterocycles. The summed E-state index contributed by atoms with van der Waals surface area (Å²) in [6, 6.07) is 12.0. The number of nitrogens with one attached hydrogen (secondary N) is 2. The van der Waals surface area contributed by atoms with Crippen LogP contribution in [-0.4, -0.2) is 51.0 Å². The Balaban J connectivity index is 0.00000320. The molecule has 0 atom stereocenters. The van der Waals surface area contributed by atoms with Gasteiger partial charge in [-0.3, -0.25) is 0 Å². The summed E-state index contributed by atoms with van der Waals surface area (Å²) >= 11 is 1.63. The van der Waals surface area contributed by atoms with Crippen molar-refractivity contribution in [3.63, 3.8) is 0 Å². The third-order valence-corrected chi connectivity index (χ3v) is 5.14. The lowest BCUT2D eigenvalue weighted by Gasteiger charge is -2.11. The van der Waals surface area contributed by atoms with Gasteiger partial charge in [-0.15, -0.1) is 35.3 Å². The number of para-hydroxylation sites is 1. The Bertz CT molecular complexity index is 879. The number of furan rings is 1. The Hall–Kier alpha value is -1.69. The monoisotopic (exact) mass is 544 g/mol. The van der Waals surface area contributed by atoms with E-state index in [1.807, 2.05) is 37.3 Å². The number of thiazole rings is 1. The number of fused-ring (bicyclic) bond motifs is 1. The van der Waals surface area contributed by atoms with Crippen LogP contribution in [0.1, 0.15) is 19.1 Å². The van der Waals surface area contributed by atoms with Crippen LogP contribution in [0.4, 0.5) is 0 Å². The minimum Gasteiger partial charge on any atom is -0.457 e. The van der Waals surface area contributed by atoms with Gasteiger partial charge < -0.3 is 24.5 Å². The number of halogens is 1. The van der Waals surface area contributed by atoms with Gasteiger partial charge in [-0.1, -0.05) is 12.1 Å². The predicted octanol–water partition coefficient (Wildman–Crippen LogP) is 4.28. The summed E-state index contributed by atoms with van der Waals surface area (Å²) in [6.07, 6.45) is 0.899. The highest BCUT2D eigenvalue weighted by atomic mass is 127. The number of aromatic nitrogens is 1. The van der Waals surface area contributed by atoms with Crippen LogP contribution in [-0.2, 0) is 16.0 Å². The van der Waals surface area contributed by atoms with Gasteiger partial charge in [0, 0.05) is 26.8 Å². The molecule has 9 heteroatoms.